The Bertz CT molecular complexity index is 1040. The molecule has 3 rings (SSSR count). The molecule has 8 nitrogen and oxygen atoms in total. The largest absolute Gasteiger partial charge is 0.395 e. The van der Waals surface area contributed by atoms with E-state index in [9.17, 15) is 0 Å². The Kier molecular flexibility index (Phi) is 8.18. The molecule has 29 heavy (non-hydrogen) atoms. The number of aromatic nitrogens is 1. The summed E-state index contributed by atoms with van der Waals surface area (Å²) in [5.74, 6) is 0. The predicted molar refractivity (Wildman–Crippen MR) is 116 cm³/mol. The fourth-order valence-corrected chi connectivity index (χ4v) is 2.90. The van der Waals surface area contributed by atoms with Crippen molar-refractivity contribution < 1.29 is 22.6 Å². The number of hydrogen-bond acceptors (Lipinski definition) is 6. The third-order valence-corrected chi connectivity index (χ3v) is 4.20. The minimum Gasteiger partial charge on any atom is -0.395 e. The first-order chi connectivity index (χ1) is 13.7. The van der Waals surface area contributed by atoms with Crippen LogP contribution in [-0.4, -0.2) is 47.3 Å². The molecule has 0 saturated heterocycles. The Balaban J connectivity index is 0.000000537. The molecule has 0 aliphatic carbocycles. The van der Waals surface area contributed by atoms with Crippen LogP contribution in [0.15, 0.2) is 54.7 Å². The summed E-state index contributed by atoms with van der Waals surface area (Å²) in [5, 5.41) is 14.3. The lowest BCUT2D eigenvalue weighted by Crippen LogP contribution is -2.25. The van der Waals surface area contributed by atoms with Crippen molar-refractivity contribution in [2.75, 3.05) is 29.9 Å². The number of aliphatic hydroxyl groups excluding tert-OH is 1. The van der Waals surface area contributed by atoms with Crippen LogP contribution in [-0.2, 0) is 10.4 Å². The Hall–Kier alpha value is -2.43. The molecule has 0 fully saturated rings. The first kappa shape index (κ1) is 22.9. The molecule has 1 aromatic heterocycles. The van der Waals surface area contributed by atoms with Crippen LogP contribution in [0.5, 0.6) is 0 Å². The molecule has 0 aliphatic heterocycles. The van der Waals surface area contributed by atoms with Crippen molar-refractivity contribution in [2.24, 2.45) is 0 Å². The number of rotatable bonds is 6. The molecule has 0 radical (unpaired) electrons. The molecule has 0 amide bonds. The van der Waals surface area contributed by atoms with Gasteiger partial charge in [-0.15, -0.1) is 0 Å². The van der Waals surface area contributed by atoms with Crippen molar-refractivity contribution in [1.29, 1.82) is 0 Å². The highest BCUT2D eigenvalue weighted by molar-refractivity contribution is 7.79. The van der Waals surface area contributed by atoms with Crippen molar-refractivity contribution in [3.05, 3.63) is 59.8 Å². The Morgan fingerprint density at radius 2 is 1.76 bits per heavy atom. The fourth-order valence-electron chi connectivity index (χ4n) is 2.73. The van der Waals surface area contributed by atoms with Crippen LogP contribution < -0.4 is 10.2 Å². The van der Waals surface area contributed by atoms with Gasteiger partial charge in [-0.05, 0) is 55.5 Å². The maximum Gasteiger partial charge on any atom is 0.394 e. The average molecular weight is 440 g/mol. The molecule has 10 heteroatoms. The molecule has 1 heterocycles. The van der Waals surface area contributed by atoms with Crippen LogP contribution in [0.2, 0.25) is 5.02 Å². The van der Waals surface area contributed by atoms with Crippen LogP contribution in [0.4, 0.5) is 17.1 Å². The number of anilines is 3. The van der Waals surface area contributed by atoms with E-state index < -0.39 is 10.4 Å². The zero-order valence-corrected chi connectivity index (χ0v) is 17.2. The maximum atomic E-state index is 9.13. The third kappa shape index (κ3) is 7.48. The first-order valence-corrected chi connectivity index (χ1v) is 10.5. The maximum absolute atomic E-state index is 9.13. The zero-order chi connectivity index (χ0) is 21.4. The van der Waals surface area contributed by atoms with Crippen LogP contribution in [0, 0.1) is 0 Å². The van der Waals surface area contributed by atoms with E-state index in [1.807, 2.05) is 36.4 Å². The van der Waals surface area contributed by atoms with Gasteiger partial charge >= 0.3 is 10.4 Å². The van der Waals surface area contributed by atoms with Gasteiger partial charge in [-0.1, -0.05) is 11.6 Å². The number of halogens is 1. The summed E-state index contributed by atoms with van der Waals surface area (Å²) in [6.45, 7) is 3.73. The summed E-state index contributed by atoms with van der Waals surface area (Å²) in [5.41, 5.74) is 3.96. The molecule has 3 aromatic rings. The van der Waals surface area contributed by atoms with Crippen LogP contribution in [0.1, 0.15) is 6.92 Å². The van der Waals surface area contributed by atoms with Crippen molar-refractivity contribution in [3.63, 3.8) is 0 Å². The lowest BCUT2D eigenvalue weighted by Gasteiger charge is -2.22. The van der Waals surface area contributed by atoms with E-state index in [0.717, 1.165) is 34.5 Å². The second-order valence-electron chi connectivity index (χ2n) is 5.94. The van der Waals surface area contributed by atoms with Gasteiger partial charge in [0.15, 0.2) is 0 Å². The van der Waals surface area contributed by atoms with Crippen LogP contribution in [0.25, 0.3) is 10.9 Å². The monoisotopic (exact) mass is 439 g/mol. The molecule has 0 unspecified atom stereocenters. The second kappa shape index (κ2) is 10.4. The Morgan fingerprint density at radius 3 is 2.34 bits per heavy atom. The lowest BCUT2D eigenvalue weighted by atomic mass is 10.1. The third-order valence-electron chi connectivity index (χ3n) is 3.97. The number of benzene rings is 2. The number of hydrogen-bond donors (Lipinski definition) is 4. The van der Waals surface area contributed by atoms with E-state index in [2.05, 4.69) is 34.3 Å². The molecule has 0 aliphatic rings. The highest BCUT2D eigenvalue weighted by Crippen LogP contribution is 2.28. The van der Waals surface area contributed by atoms with Gasteiger partial charge < -0.3 is 15.3 Å². The van der Waals surface area contributed by atoms with Gasteiger partial charge in [0.05, 0.1) is 12.1 Å². The van der Waals surface area contributed by atoms with E-state index in [1.165, 1.54) is 0 Å². The first-order valence-electron chi connectivity index (χ1n) is 8.68. The lowest BCUT2D eigenvalue weighted by molar-refractivity contribution is 0.302. The van der Waals surface area contributed by atoms with Crippen LogP contribution in [0.3, 0.4) is 0 Å². The number of pyridine rings is 1. The minimum absolute atomic E-state index is 0.152. The van der Waals surface area contributed by atoms with Gasteiger partial charge in [0.1, 0.15) is 0 Å². The zero-order valence-electron chi connectivity index (χ0n) is 15.7. The summed E-state index contributed by atoms with van der Waals surface area (Å²) < 4.78 is 31.6. The van der Waals surface area contributed by atoms with E-state index in [1.54, 1.807) is 6.20 Å². The Labute approximate surface area is 174 Å². The number of nitrogens with one attached hydrogen (secondary N) is 1. The molecular formula is C19H22ClN3O5S. The fraction of sp³-hybridized carbons (Fsp3) is 0.211. The van der Waals surface area contributed by atoms with Gasteiger partial charge in [-0.25, -0.2) is 0 Å². The highest BCUT2D eigenvalue weighted by atomic mass is 35.5. The standard InChI is InChI=1S/C19H20ClN3O.H2O4S/c1-2-23(11-12-24)16-6-4-15(5-7-16)22-18-9-10-21-19-13-14(20)3-8-17(18)19;1-5(2,3)4/h3-10,13,24H,2,11-12H2,1H3,(H,21,22);(H2,1,2,3,4). The van der Waals surface area contributed by atoms with Crippen molar-refractivity contribution in [3.8, 4) is 0 Å². The molecule has 2 aromatic carbocycles. The van der Waals surface area contributed by atoms with Gasteiger partial charge in [0, 0.05) is 46.8 Å². The molecule has 0 atom stereocenters. The van der Waals surface area contributed by atoms with Crippen LogP contribution >= 0.6 is 11.6 Å². The smallest absolute Gasteiger partial charge is 0.394 e. The summed E-state index contributed by atoms with van der Waals surface area (Å²) in [6.07, 6.45) is 1.77. The SMILES string of the molecule is CCN(CCO)c1ccc(Nc2ccnc3cc(Cl)ccc23)cc1.O=S(=O)(O)O. The topological polar surface area (TPSA) is 123 Å². The van der Waals surface area contributed by atoms with E-state index >= 15 is 0 Å². The van der Waals surface area contributed by atoms with E-state index in [0.29, 0.717) is 11.6 Å². The number of fused-ring (bicyclic) bond motifs is 1. The summed E-state index contributed by atoms with van der Waals surface area (Å²) in [6, 6.07) is 15.8. The van der Waals surface area contributed by atoms with E-state index in [4.69, 9.17) is 34.2 Å². The molecule has 0 saturated carbocycles. The summed E-state index contributed by atoms with van der Waals surface area (Å²) in [7, 11) is -4.67. The van der Waals surface area contributed by atoms with Gasteiger partial charge in [-0.2, -0.15) is 8.42 Å². The van der Waals surface area contributed by atoms with E-state index in [-0.39, 0.29) is 6.61 Å². The average Bonchev–Trinajstić information content (AvgIpc) is 2.65. The van der Waals surface area contributed by atoms with Crippen molar-refractivity contribution in [1.82, 2.24) is 4.98 Å². The van der Waals surface area contributed by atoms with Gasteiger partial charge in [-0.3, -0.25) is 14.1 Å². The van der Waals surface area contributed by atoms with Crippen molar-refractivity contribution in [2.45, 2.75) is 6.92 Å². The quantitative estimate of drug-likeness (QED) is 0.428. The number of aliphatic hydroxyl groups is 1. The molecule has 156 valence electrons. The predicted octanol–water partition coefficient (Wildman–Crippen LogP) is 3.80. The van der Waals surface area contributed by atoms with Gasteiger partial charge in [0.2, 0.25) is 0 Å². The van der Waals surface area contributed by atoms with Gasteiger partial charge in [0.25, 0.3) is 0 Å². The number of likely N-dealkylation sites (N-methyl/N-ethyl adjacent to an activating group) is 1. The summed E-state index contributed by atoms with van der Waals surface area (Å²) in [4.78, 5) is 6.49. The molecule has 0 bridgehead atoms. The Morgan fingerprint density at radius 1 is 1.10 bits per heavy atom. The number of nitrogens with zero attached hydrogens (tertiary/aromatic N) is 2. The normalized spacial score (nSPS) is 10.9. The second-order valence-corrected chi connectivity index (χ2v) is 7.28. The summed E-state index contributed by atoms with van der Waals surface area (Å²) >= 11 is 6.03. The molecular weight excluding hydrogens is 418 g/mol. The van der Waals surface area contributed by atoms with Crippen molar-refractivity contribution >= 4 is 50.0 Å². The minimum atomic E-state index is -4.67. The molecule has 0 spiro atoms. The highest BCUT2D eigenvalue weighted by Gasteiger charge is 2.05. The molecule has 4 N–H and O–H groups in total.